The number of hydrogen-bond acceptors (Lipinski definition) is 6. The van der Waals surface area contributed by atoms with Crippen molar-refractivity contribution >= 4 is 22.4 Å². The number of aromatic nitrogens is 3. The molecule has 0 radical (unpaired) electrons. The van der Waals surface area contributed by atoms with Crippen LogP contribution in [0.5, 0.6) is 5.88 Å². The zero-order chi connectivity index (χ0) is 17.3. The first-order valence-corrected chi connectivity index (χ1v) is 8.91. The van der Waals surface area contributed by atoms with E-state index in [0.29, 0.717) is 11.2 Å². The van der Waals surface area contributed by atoms with Crippen LogP contribution in [0.4, 0.5) is 5.13 Å². The van der Waals surface area contributed by atoms with Gasteiger partial charge in [0.1, 0.15) is 0 Å². The van der Waals surface area contributed by atoms with Gasteiger partial charge in [0, 0.05) is 31.9 Å². The van der Waals surface area contributed by atoms with Crippen LogP contribution in [0.3, 0.4) is 0 Å². The maximum absolute atomic E-state index is 11.1. The first-order valence-electron chi connectivity index (χ1n) is 8.03. The largest absolute Gasteiger partial charge is 0.481 e. The van der Waals surface area contributed by atoms with Gasteiger partial charge in [-0.3, -0.25) is 9.69 Å². The van der Waals surface area contributed by atoms with Crippen LogP contribution in [-0.2, 0) is 18.4 Å². The lowest BCUT2D eigenvalue weighted by molar-refractivity contribution is -0.114. The second-order valence-electron chi connectivity index (χ2n) is 6.09. The van der Waals surface area contributed by atoms with Gasteiger partial charge >= 0.3 is 0 Å². The van der Waals surface area contributed by atoms with Crippen molar-refractivity contribution in [2.75, 3.05) is 19.0 Å². The summed E-state index contributed by atoms with van der Waals surface area (Å²) in [5.41, 5.74) is 3.18. The molecule has 0 bridgehead atoms. The third-order valence-corrected chi connectivity index (χ3v) is 5.11. The molecule has 24 heavy (non-hydrogen) atoms. The van der Waals surface area contributed by atoms with Gasteiger partial charge in [0.25, 0.3) is 0 Å². The number of thiazole rings is 1. The molecule has 2 aromatic heterocycles. The molecule has 1 amide bonds. The number of nitrogens with one attached hydrogen (secondary N) is 1. The standard InChI is InChI=1S/C16H23N5O2S/c1-10-14(15(23-4)20(3)19-10)13-6-5-7-21(13)8-12-9-24-16(18-12)17-11(2)22/h9,13H,5-8H2,1-4H3,(H,17,18,22)/t13-/m0/s1. The summed E-state index contributed by atoms with van der Waals surface area (Å²) in [6, 6.07) is 0.291. The molecule has 0 unspecified atom stereocenters. The number of aryl methyl sites for hydroxylation is 2. The monoisotopic (exact) mass is 349 g/mol. The number of hydrogen-bond donors (Lipinski definition) is 1. The van der Waals surface area contributed by atoms with Gasteiger partial charge in [-0.25, -0.2) is 9.67 Å². The van der Waals surface area contributed by atoms with Gasteiger partial charge in [-0.05, 0) is 26.3 Å². The predicted octanol–water partition coefficient (Wildman–Crippen LogP) is 2.49. The van der Waals surface area contributed by atoms with Crippen LogP contribution in [-0.4, -0.2) is 39.2 Å². The molecule has 1 N–H and O–H groups in total. The highest BCUT2D eigenvalue weighted by molar-refractivity contribution is 7.13. The van der Waals surface area contributed by atoms with Gasteiger partial charge in [0.2, 0.25) is 11.8 Å². The molecule has 2 aromatic rings. The minimum absolute atomic E-state index is 0.0920. The summed E-state index contributed by atoms with van der Waals surface area (Å²) in [6.07, 6.45) is 2.23. The first kappa shape index (κ1) is 16.9. The molecule has 0 aromatic carbocycles. The number of methoxy groups -OCH3 is 1. The van der Waals surface area contributed by atoms with Crippen LogP contribution < -0.4 is 10.1 Å². The third kappa shape index (κ3) is 3.29. The molecule has 3 rings (SSSR count). The zero-order valence-corrected chi connectivity index (χ0v) is 15.3. The van der Waals surface area contributed by atoms with Crippen LogP contribution >= 0.6 is 11.3 Å². The fourth-order valence-corrected chi connectivity index (χ4v) is 4.16. The van der Waals surface area contributed by atoms with E-state index in [1.54, 1.807) is 11.8 Å². The van der Waals surface area contributed by atoms with E-state index in [-0.39, 0.29) is 5.91 Å². The lowest BCUT2D eigenvalue weighted by Crippen LogP contribution is -2.23. The van der Waals surface area contributed by atoms with E-state index >= 15 is 0 Å². The van der Waals surface area contributed by atoms with E-state index in [2.05, 4.69) is 20.3 Å². The van der Waals surface area contributed by atoms with Crippen LogP contribution in [0.25, 0.3) is 0 Å². The number of rotatable bonds is 5. The quantitative estimate of drug-likeness (QED) is 0.898. The van der Waals surface area contributed by atoms with Crippen LogP contribution in [0, 0.1) is 6.92 Å². The minimum Gasteiger partial charge on any atom is -0.481 e. The van der Waals surface area contributed by atoms with Crippen molar-refractivity contribution in [1.29, 1.82) is 0 Å². The summed E-state index contributed by atoms with van der Waals surface area (Å²) in [7, 11) is 3.61. The number of ether oxygens (including phenoxy) is 1. The Labute approximate surface area is 145 Å². The van der Waals surface area contributed by atoms with Crippen molar-refractivity contribution in [1.82, 2.24) is 19.7 Å². The van der Waals surface area contributed by atoms with Gasteiger partial charge in [-0.15, -0.1) is 11.3 Å². The average Bonchev–Trinajstić information content (AvgIpc) is 3.19. The minimum atomic E-state index is -0.0920. The van der Waals surface area contributed by atoms with Gasteiger partial charge < -0.3 is 10.1 Å². The molecule has 0 spiro atoms. The van der Waals surface area contributed by atoms with E-state index in [1.807, 2.05) is 19.4 Å². The number of carbonyl (C=O) groups excluding carboxylic acids is 1. The van der Waals surface area contributed by atoms with Crippen LogP contribution in [0.1, 0.15) is 42.8 Å². The molecule has 130 valence electrons. The lowest BCUT2D eigenvalue weighted by atomic mass is 10.0. The summed E-state index contributed by atoms with van der Waals surface area (Å²) in [4.78, 5) is 18.1. The Hall–Kier alpha value is -1.93. The molecule has 7 nitrogen and oxygen atoms in total. The number of nitrogens with zero attached hydrogens (tertiary/aromatic N) is 4. The van der Waals surface area contributed by atoms with Crippen molar-refractivity contribution in [2.24, 2.45) is 7.05 Å². The summed E-state index contributed by atoms with van der Waals surface area (Å²) in [6.45, 7) is 5.31. The van der Waals surface area contributed by atoms with Crippen molar-refractivity contribution in [3.8, 4) is 5.88 Å². The molecule has 1 saturated heterocycles. The fraction of sp³-hybridized carbons (Fsp3) is 0.562. The molecule has 8 heteroatoms. The van der Waals surface area contributed by atoms with Gasteiger partial charge in [0.05, 0.1) is 24.1 Å². The molecular formula is C16H23N5O2S. The smallest absolute Gasteiger partial charge is 0.223 e. The van der Waals surface area contributed by atoms with E-state index < -0.39 is 0 Å². The topological polar surface area (TPSA) is 72.3 Å². The lowest BCUT2D eigenvalue weighted by Gasteiger charge is -2.24. The second-order valence-corrected chi connectivity index (χ2v) is 6.94. The van der Waals surface area contributed by atoms with E-state index in [0.717, 1.165) is 43.2 Å². The number of anilines is 1. The van der Waals surface area contributed by atoms with Gasteiger partial charge in [-0.2, -0.15) is 5.10 Å². The summed E-state index contributed by atoms with van der Waals surface area (Å²) in [5.74, 6) is 0.743. The Morgan fingerprint density at radius 3 is 3.04 bits per heavy atom. The summed E-state index contributed by atoms with van der Waals surface area (Å²) >= 11 is 1.46. The van der Waals surface area contributed by atoms with Gasteiger partial charge in [-0.1, -0.05) is 0 Å². The molecule has 0 aliphatic carbocycles. The Balaban J connectivity index is 1.79. The van der Waals surface area contributed by atoms with Crippen molar-refractivity contribution in [3.63, 3.8) is 0 Å². The maximum Gasteiger partial charge on any atom is 0.223 e. The Morgan fingerprint density at radius 2 is 2.33 bits per heavy atom. The molecular weight excluding hydrogens is 326 g/mol. The molecule has 3 heterocycles. The second kappa shape index (κ2) is 6.90. The maximum atomic E-state index is 11.1. The Bertz CT molecular complexity index is 739. The van der Waals surface area contributed by atoms with Crippen molar-refractivity contribution in [2.45, 2.75) is 39.3 Å². The molecule has 1 aliphatic rings. The van der Waals surface area contributed by atoms with E-state index in [9.17, 15) is 4.79 Å². The highest BCUT2D eigenvalue weighted by Gasteiger charge is 2.32. The normalized spacial score (nSPS) is 18.1. The summed E-state index contributed by atoms with van der Waals surface area (Å²) in [5, 5.41) is 9.91. The first-order chi connectivity index (χ1) is 11.5. The zero-order valence-electron chi connectivity index (χ0n) is 14.5. The molecule has 1 aliphatic heterocycles. The molecule has 1 fully saturated rings. The van der Waals surface area contributed by atoms with Gasteiger partial charge in [0.15, 0.2) is 5.13 Å². The third-order valence-electron chi connectivity index (χ3n) is 4.30. The highest BCUT2D eigenvalue weighted by Crippen LogP contribution is 2.39. The number of carbonyl (C=O) groups is 1. The summed E-state index contributed by atoms with van der Waals surface area (Å²) < 4.78 is 7.37. The van der Waals surface area contributed by atoms with Crippen molar-refractivity contribution < 1.29 is 9.53 Å². The Kier molecular flexibility index (Phi) is 4.86. The number of amides is 1. The van der Waals surface area contributed by atoms with Crippen molar-refractivity contribution in [3.05, 3.63) is 22.3 Å². The average molecular weight is 349 g/mol. The van der Waals surface area contributed by atoms with E-state index in [1.165, 1.54) is 23.8 Å². The van der Waals surface area contributed by atoms with Crippen LogP contribution in [0.2, 0.25) is 0 Å². The molecule has 1 atom stereocenters. The Morgan fingerprint density at radius 1 is 1.54 bits per heavy atom. The fourth-order valence-electron chi connectivity index (χ4n) is 3.42. The predicted molar refractivity (Wildman–Crippen MR) is 93.3 cm³/mol. The van der Waals surface area contributed by atoms with E-state index in [4.69, 9.17) is 4.74 Å². The molecule has 0 saturated carbocycles. The highest BCUT2D eigenvalue weighted by atomic mass is 32.1. The SMILES string of the molecule is COc1c([C@@H]2CCCN2Cc2csc(NC(C)=O)n2)c(C)nn1C. The van der Waals surface area contributed by atoms with Crippen LogP contribution in [0.15, 0.2) is 5.38 Å². The number of likely N-dealkylation sites (tertiary alicyclic amines) is 1.